The van der Waals surface area contributed by atoms with Crippen molar-refractivity contribution >= 4 is 0 Å². The van der Waals surface area contributed by atoms with Gasteiger partial charge in [-0.3, -0.25) is 0 Å². The van der Waals surface area contributed by atoms with Crippen LogP contribution in [0.25, 0.3) is 0 Å². The molecule has 0 aromatic rings. The minimum absolute atomic E-state index is 0.827. The highest BCUT2D eigenvalue weighted by Crippen LogP contribution is 2.70. The van der Waals surface area contributed by atoms with Gasteiger partial charge in [-0.05, 0) is 68.2 Å². The number of nitrogens with one attached hydrogen (secondary N) is 1. The third-order valence-corrected chi connectivity index (χ3v) is 5.98. The molecule has 0 aliphatic heterocycles. The fourth-order valence-electron chi connectivity index (χ4n) is 5.00. The number of rotatable bonds is 5. The van der Waals surface area contributed by atoms with E-state index in [9.17, 15) is 0 Å². The van der Waals surface area contributed by atoms with E-state index in [2.05, 4.69) is 26.2 Å². The fraction of sp³-hybridized carbons (Fsp3) is 1.00. The van der Waals surface area contributed by atoms with Crippen LogP contribution in [0.15, 0.2) is 0 Å². The van der Waals surface area contributed by atoms with Gasteiger partial charge in [-0.15, -0.1) is 0 Å². The second kappa shape index (κ2) is 4.01. The van der Waals surface area contributed by atoms with Gasteiger partial charge in [0.2, 0.25) is 0 Å². The highest BCUT2D eigenvalue weighted by atomic mass is 14.9. The van der Waals surface area contributed by atoms with Crippen LogP contribution in [0.3, 0.4) is 0 Å². The molecule has 0 heterocycles. The second-order valence-corrected chi connectivity index (χ2v) is 6.71. The predicted octanol–water partition coefficient (Wildman–Crippen LogP) is 3.30. The minimum Gasteiger partial charge on any atom is -0.317 e. The maximum absolute atomic E-state index is 3.63. The summed E-state index contributed by atoms with van der Waals surface area (Å²) in [7, 11) is 2.18. The summed E-state index contributed by atoms with van der Waals surface area (Å²) in [6.07, 6.45) is 7.45. The third-order valence-electron chi connectivity index (χ3n) is 5.98. The molecular formula is C15H27N. The van der Waals surface area contributed by atoms with E-state index in [0.717, 1.165) is 41.5 Å². The van der Waals surface area contributed by atoms with Crippen molar-refractivity contribution in [3.05, 3.63) is 0 Å². The van der Waals surface area contributed by atoms with E-state index in [4.69, 9.17) is 0 Å². The topological polar surface area (TPSA) is 12.0 Å². The molecule has 0 spiro atoms. The lowest BCUT2D eigenvalue weighted by molar-refractivity contribution is 0.324. The molecule has 1 N–H and O–H groups in total. The van der Waals surface area contributed by atoms with E-state index in [-0.39, 0.29) is 0 Å². The van der Waals surface area contributed by atoms with Crippen LogP contribution in [0, 0.1) is 35.5 Å². The van der Waals surface area contributed by atoms with Crippen LogP contribution in [0.2, 0.25) is 0 Å². The van der Waals surface area contributed by atoms with Gasteiger partial charge in [0.25, 0.3) is 0 Å². The minimum atomic E-state index is 0.827. The van der Waals surface area contributed by atoms with Gasteiger partial charge < -0.3 is 5.32 Å². The molecule has 0 amide bonds. The quantitative estimate of drug-likeness (QED) is 0.751. The molecule has 3 fully saturated rings. The smallest absolute Gasteiger partial charge is 0.0101 e. The molecule has 0 radical (unpaired) electrons. The average molecular weight is 221 g/mol. The Hall–Kier alpha value is -0.0400. The zero-order valence-electron chi connectivity index (χ0n) is 11.1. The lowest BCUT2D eigenvalue weighted by atomic mass is 9.91. The zero-order chi connectivity index (χ0) is 11.3. The molecule has 6 unspecified atom stereocenters. The van der Waals surface area contributed by atoms with Crippen molar-refractivity contribution in [2.45, 2.75) is 52.0 Å². The monoisotopic (exact) mass is 221 g/mol. The molecule has 16 heavy (non-hydrogen) atoms. The fourth-order valence-corrected chi connectivity index (χ4v) is 5.00. The van der Waals surface area contributed by atoms with Crippen LogP contribution in [0.4, 0.5) is 0 Å². The summed E-state index contributed by atoms with van der Waals surface area (Å²) in [5.41, 5.74) is 0. The van der Waals surface area contributed by atoms with Crippen molar-refractivity contribution in [2.24, 2.45) is 35.5 Å². The molecule has 3 aliphatic rings. The lowest BCUT2D eigenvalue weighted by Crippen LogP contribution is -2.32. The number of fused-ring (bicyclic) bond motifs is 5. The first-order chi connectivity index (χ1) is 7.76. The molecule has 1 heteroatoms. The van der Waals surface area contributed by atoms with E-state index in [1.54, 1.807) is 19.3 Å². The Balaban J connectivity index is 1.61. The molecule has 0 aromatic carbocycles. The number of hydrogen-bond acceptors (Lipinski definition) is 1. The molecule has 6 atom stereocenters. The van der Waals surface area contributed by atoms with Gasteiger partial charge in [-0.1, -0.05) is 20.3 Å². The molecular weight excluding hydrogens is 194 g/mol. The van der Waals surface area contributed by atoms with Crippen molar-refractivity contribution in [2.75, 3.05) is 7.05 Å². The highest BCUT2D eigenvalue weighted by Gasteiger charge is 2.66. The first-order valence-electron chi connectivity index (χ1n) is 7.43. The van der Waals surface area contributed by atoms with Crippen LogP contribution in [0.1, 0.15) is 46.0 Å². The summed E-state index contributed by atoms with van der Waals surface area (Å²) in [4.78, 5) is 0. The van der Waals surface area contributed by atoms with Gasteiger partial charge in [0.1, 0.15) is 0 Å². The average Bonchev–Trinajstić information content (AvgIpc) is 2.73. The molecule has 3 saturated carbocycles. The van der Waals surface area contributed by atoms with Crippen molar-refractivity contribution < 1.29 is 0 Å². The van der Waals surface area contributed by atoms with Gasteiger partial charge >= 0.3 is 0 Å². The maximum atomic E-state index is 3.63. The molecule has 3 rings (SSSR count). The van der Waals surface area contributed by atoms with E-state index in [1.807, 2.05) is 0 Å². The summed E-state index contributed by atoms with van der Waals surface area (Å²) in [6.45, 7) is 4.74. The van der Waals surface area contributed by atoms with Crippen LogP contribution in [-0.4, -0.2) is 13.1 Å². The summed E-state index contributed by atoms with van der Waals surface area (Å²) in [6, 6.07) is 0.827. The Morgan fingerprint density at radius 3 is 2.31 bits per heavy atom. The Bertz CT molecular complexity index is 246. The number of hydrogen-bond donors (Lipinski definition) is 1. The van der Waals surface area contributed by atoms with Crippen LogP contribution < -0.4 is 5.32 Å². The van der Waals surface area contributed by atoms with E-state index < -0.39 is 0 Å². The largest absolute Gasteiger partial charge is 0.317 e. The van der Waals surface area contributed by atoms with Crippen LogP contribution in [-0.2, 0) is 0 Å². The first-order valence-corrected chi connectivity index (χ1v) is 7.43. The summed E-state index contributed by atoms with van der Waals surface area (Å²) in [5, 5.41) is 3.63. The normalized spacial score (nSPS) is 47.8. The summed E-state index contributed by atoms with van der Waals surface area (Å²) in [5.74, 6) is 6.50. The standard InChI is InChI=1S/C15H27N/c1-4-9(2)7-12(16-3)15-13-10-5-6-11(8-10)14(13)15/h9-16H,4-8H2,1-3H3. The second-order valence-electron chi connectivity index (χ2n) is 6.71. The molecule has 1 nitrogen and oxygen atoms in total. The van der Waals surface area contributed by atoms with Crippen LogP contribution in [0.5, 0.6) is 0 Å². The van der Waals surface area contributed by atoms with Gasteiger partial charge in [0.05, 0.1) is 0 Å². The van der Waals surface area contributed by atoms with Crippen LogP contribution >= 0.6 is 0 Å². The maximum Gasteiger partial charge on any atom is 0.0101 e. The summed E-state index contributed by atoms with van der Waals surface area (Å²) < 4.78 is 0. The molecule has 0 saturated heterocycles. The van der Waals surface area contributed by atoms with E-state index >= 15 is 0 Å². The molecule has 2 bridgehead atoms. The Labute approximate surface area is 100 Å². The van der Waals surface area contributed by atoms with Gasteiger partial charge in [-0.25, -0.2) is 0 Å². The van der Waals surface area contributed by atoms with E-state index in [0.29, 0.717) is 0 Å². The Morgan fingerprint density at radius 1 is 1.19 bits per heavy atom. The SMILES string of the molecule is CCC(C)CC(NC)C1C2C3CCC(C3)C21. The molecule has 0 aromatic heterocycles. The van der Waals surface area contributed by atoms with Gasteiger partial charge in [0.15, 0.2) is 0 Å². The van der Waals surface area contributed by atoms with Gasteiger partial charge in [0, 0.05) is 6.04 Å². The zero-order valence-corrected chi connectivity index (χ0v) is 11.1. The molecule has 92 valence electrons. The molecule has 3 aliphatic carbocycles. The van der Waals surface area contributed by atoms with Crippen molar-refractivity contribution in [1.29, 1.82) is 0 Å². The van der Waals surface area contributed by atoms with Crippen molar-refractivity contribution in [1.82, 2.24) is 5.32 Å². The Kier molecular flexibility index (Phi) is 2.78. The lowest BCUT2D eigenvalue weighted by Gasteiger charge is -2.22. The third kappa shape index (κ3) is 1.54. The van der Waals surface area contributed by atoms with Crippen molar-refractivity contribution in [3.63, 3.8) is 0 Å². The first kappa shape index (κ1) is 11.1. The Morgan fingerprint density at radius 2 is 1.81 bits per heavy atom. The van der Waals surface area contributed by atoms with E-state index in [1.165, 1.54) is 12.8 Å². The predicted molar refractivity (Wildman–Crippen MR) is 68.2 cm³/mol. The van der Waals surface area contributed by atoms with Gasteiger partial charge in [-0.2, -0.15) is 0 Å². The van der Waals surface area contributed by atoms with Crippen molar-refractivity contribution in [3.8, 4) is 0 Å². The summed E-state index contributed by atoms with van der Waals surface area (Å²) >= 11 is 0. The highest BCUT2D eigenvalue weighted by molar-refractivity contribution is 5.15.